The molecule has 0 atom stereocenters. The predicted molar refractivity (Wildman–Crippen MR) is 74.1 cm³/mol. The number of aromatic nitrogens is 2. The van der Waals surface area contributed by atoms with E-state index in [1.54, 1.807) is 16.9 Å². The van der Waals surface area contributed by atoms with Gasteiger partial charge in [0.1, 0.15) is 5.58 Å². The number of ether oxygens (including phenoxy) is 1. The minimum absolute atomic E-state index is 0.225. The van der Waals surface area contributed by atoms with Gasteiger partial charge in [-0.15, -0.1) is 0 Å². The van der Waals surface area contributed by atoms with Gasteiger partial charge in [-0.25, -0.2) is 0 Å². The molecule has 3 rings (SSSR count). The molecule has 0 amide bonds. The monoisotopic (exact) mass is 270 g/mol. The van der Waals surface area contributed by atoms with Crippen molar-refractivity contribution >= 4 is 16.8 Å². The second-order valence-electron chi connectivity index (χ2n) is 4.35. The quantitative estimate of drug-likeness (QED) is 0.684. The number of fused-ring (bicyclic) bond motifs is 1. The Balaban J connectivity index is 2.10. The van der Waals surface area contributed by atoms with Gasteiger partial charge in [-0.2, -0.15) is 5.10 Å². The van der Waals surface area contributed by atoms with Crippen LogP contribution in [0.3, 0.4) is 0 Å². The van der Waals surface area contributed by atoms with E-state index in [9.17, 15) is 4.79 Å². The number of aryl methyl sites for hydroxylation is 1. The second kappa shape index (κ2) is 4.85. The molecule has 20 heavy (non-hydrogen) atoms. The Morgan fingerprint density at radius 1 is 1.40 bits per heavy atom. The minimum atomic E-state index is -0.225. The van der Waals surface area contributed by atoms with Crippen LogP contribution in [0.15, 0.2) is 40.9 Å². The zero-order valence-corrected chi connectivity index (χ0v) is 11.3. The third-order valence-corrected chi connectivity index (χ3v) is 3.19. The highest BCUT2D eigenvalue weighted by Gasteiger charge is 2.23. The zero-order valence-electron chi connectivity index (χ0n) is 11.3. The van der Waals surface area contributed by atoms with Gasteiger partial charge in [-0.1, -0.05) is 18.2 Å². The van der Waals surface area contributed by atoms with Crippen molar-refractivity contribution in [1.82, 2.24) is 9.78 Å². The standard InChI is InChI=1S/C15H14N2O3/c1-3-17-14(13(19-2)9-16-17)15(18)12-8-10-6-4-5-7-11(10)20-12/h4-9H,3H2,1-2H3. The average molecular weight is 270 g/mol. The highest BCUT2D eigenvalue weighted by atomic mass is 16.5. The number of hydrogen-bond donors (Lipinski definition) is 0. The number of benzene rings is 1. The molecule has 102 valence electrons. The van der Waals surface area contributed by atoms with Crippen molar-refractivity contribution in [1.29, 1.82) is 0 Å². The molecule has 0 radical (unpaired) electrons. The number of furan rings is 1. The SMILES string of the molecule is CCn1ncc(OC)c1C(=O)c1cc2ccccc2o1. The topological polar surface area (TPSA) is 57.3 Å². The lowest BCUT2D eigenvalue weighted by Crippen LogP contribution is -2.11. The summed E-state index contributed by atoms with van der Waals surface area (Å²) in [5, 5.41) is 5.04. The summed E-state index contributed by atoms with van der Waals surface area (Å²) in [4.78, 5) is 12.6. The molecule has 2 aromatic heterocycles. The zero-order chi connectivity index (χ0) is 14.1. The van der Waals surface area contributed by atoms with Gasteiger partial charge >= 0.3 is 0 Å². The van der Waals surface area contributed by atoms with Crippen LogP contribution in [-0.2, 0) is 6.54 Å². The van der Waals surface area contributed by atoms with Gasteiger partial charge in [0.05, 0.1) is 13.3 Å². The van der Waals surface area contributed by atoms with Crippen LogP contribution in [0.5, 0.6) is 5.75 Å². The highest BCUT2D eigenvalue weighted by molar-refractivity contribution is 6.09. The summed E-state index contributed by atoms with van der Waals surface area (Å²) in [6.07, 6.45) is 1.54. The molecule has 0 unspecified atom stereocenters. The fourth-order valence-corrected chi connectivity index (χ4v) is 2.20. The number of para-hydroxylation sites is 1. The first-order valence-electron chi connectivity index (χ1n) is 6.37. The average Bonchev–Trinajstić information content (AvgIpc) is 3.09. The lowest BCUT2D eigenvalue weighted by Gasteiger charge is -2.04. The van der Waals surface area contributed by atoms with Crippen molar-refractivity contribution in [2.45, 2.75) is 13.5 Å². The van der Waals surface area contributed by atoms with E-state index in [1.165, 1.54) is 7.11 Å². The van der Waals surface area contributed by atoms with E-state index in [-0.39, 0.29) is 5.78 Å². The van der Waals surface area contributed by atoms with E-state index >= 15 is 0 Å². The molecule has 3 aromatic rings. The summed E-state index contributed by atoms with van der Waals surface area (Å²) in [5.41, 5.74) is 1.10. The van der Waals surface area contributed by atoms with Gasteiger partial charge in [0.2, 0.25) is 5.78 Å². The van der Waals surface area contributed by atoms with Crippen molar-refractivity contribution in [2.24, 2.45) is 0 Å². The van der Waals surface area contributed by atoms with Crippen molar-refractivity contribution in [3.8, 4) is 5.75 Å². The summed E-state index contributed by atoms with van der Waals surface area (Å²) in [6.45, 7) is 2.51. The van der Waals surface area contributed by atoms with E-state index in [1.807, 2.05) is 31.2 Å². The molecule has 0 fully saturated rings. The van der Waals surface area contributed by atoms with Crippen molar-refractivity contribution in [3.63, 3.8) is 0 Å². The number of ketones is 1. The van der Waals surface area contributed by atoms with Gasteiger partial charge in [0.15, 0.2) is 17.2 Å². The first kappa shape index (κ1) is 12.5. The predicted octanol–water partition coefficient (Wildman–Crippen LogP) is 2.89. The first-order chi connectivity index (χ1) is 9.74. The second-order valence-corrected chi connectivity index (χ2v) is 4.35. The van der Waals surface area contributed by atoms with Gasteiger partial charge in [-0.05, 0) is 19.1 Å². The smallest absolute Gasteiger partial charge is 0.250 e. The van der Waals surface area contributed by atoms with Gasteiger partial charge in [0.25, 0.3) is 0 Å². The molecule has 2 heterocycles. The molecule has 0 N–H and O–H groups in total. The van der Waals surface area contributed by atoms with Crippen LogP contribution < -0.4 is 4.74 Å². The Morgan fingerprint density at radius 2 is 2.20 bits per heavy atom. The number of carbonyl (C=O) groups excluding carboxylic acids is 1. The maximum atomic E-state index is 12.6. The van der Waals surface area contributed by atoms with Gasteiger partial charge in [-0.3, -0.25) is 9.48 Å². The molecule has 0 spiro atoms. The summed E-state index contributed by atoms with van der Waals surface area (Å²) in [7, 11) is 1.52. The molecular weight excluding hydrogens is 256 g/mol. The van der Waals surface area contributed by atoms with Crippen LogP contribution in [0.2, 0.25) is 0 Å². The van der Waals surface area contributed by atoms with Crippen LogP contribution in [0.4, 0.5) is 0 Å². The number of hydrogen-bond acceptors (Lipinski definition) is 4. The van der Waals surface area contributed by atoms with Gasteiger partial charge in [0, 0.05) is 11.9 Å². The van der Waals surface area contributed by atoms with Gasteiger partial charge < -0.3 is 9.15 Å². The molecule has 1 aromatic carbocycles. The van der Waals surface area contributed by atoms with E-state index in [4.69, 9.17) is 9.15 Å². The normalized spacial score (nSPS) is 10.9. The number of rotatable bonds is 4. The van der Waals surface area contributed by atoms with Crippen molar-refractivity contribution in [3.05, 3.63) is 48.0 Å². The van der Waals surface area contributed by atoms with Crippen LogP contribution in [-0.4, -0.2) is 22.7 Å². The van der Waals surface area contributed by atoms with Crippen LogP contribution >= 0.6 is 0 Å². The van der Waals surface area contributed by atoms with Crippen LogP contribution in [0.25, 0.3) is 11.0 Å². The number of nitrogens with zero attached hydrogens (tertiary/aromatic N) is 2. The molecule has 0 aliphatic rings. The lowest BCUT2D eigenvalue weighted by molar-refractivity contribution is 0.0998. The Hall–Kier alpha value is -2.56. The third kappa shape index (κ3) is 1.87. The summed E-state index contributed by atoms with van der Waals surface area (Å²) >= 11 is 0. The summed E-state index contributed by atoms with van der Waals surface area (Å²) in [6, 6.07) is 9.26. The molecular formula is C15H14N2O3. The fourth-order valence-electron chi connectivity index (χ4n) is 2.20. The Labute approximate surface area is 115 Å². The molecule has 0 saturated heterocycles. The number of carbonyl (C=O) groups is 1. The molecule has 0 aliphatic heterocycles. The first-order valence-corrected chi connectivity index (χ1v) is 6.37. The lowest BCUT2D eigenvalue weighted by atomic mass is 10.2. The molecule has 5 heteroatoms. The van der Waals surface area contributed by atoms with Crippen molar-refractivity contribution in [2.75, 3.05) is 7.11 Å². The Morgan fingerprint density at radius 3 is 2.90 bits per heavy atom. The third-order valence-electron chi connectivity index (χ3n) is 3.19. The minimum Gasteiger partial charge on any atom is -0.493 e. The van der Waals surface area contributed by atoms with E-state index < -0.39 is 0 Å². The number of methoxy groups -OCH3 is 1. The van der Waals surface area contributed by atoms with Crippen molar-refractivity contribution < 1.29 is 13.9 Å². The Bertz CT molecular complexity index is 716. The Kier molecular flexibility index (Phi) is 3.02. The molecule has 0 saturated carbocycles. The van der Waals surface area contributed by atoms with E-state index in [0.29, 0.717) is 29.3 Å². The van der Waals surface area contributed by atoms with Crippen LogP contribution in [0.1, 0.15) is 23.2 Å². The maximum absolute atomic E-state index is 12.6. The van der Waals surface area contributed by atoms with E-state index in [2.05, 4.69) is 5.10 Å². The van der Waals surface area contributed by atoms with E-state index in [0.717, 1.165) is 5.39 Å². The van der Waals surface area contributed by atoms with Crippen LogP contribution in [0, 0.1) is 0 Å². The fraction of sp³-hybridized carbons (Fsp3) is 0.200. The molecule has 0 bridgehead atoms. The molecule has 5 nitrogen and oxygen atoms in total. The largest absolute Gasteiger partial charge is 0.493 e. The maximum Gasteiger partial charge on any atom is 0.250 e. The summed E-state index contributed by atoms with van der Waals surface area (Å²) in [5.74, 6) is 0.523. The molecule has 0 aliphatic carbocycles. The summed E-state index contributed by atoms with van der Waals surface area (Å²) < 4.78 is 12.4. The highest BCUT2D eigenvalue weighted by Crippen LogP contribution is 2.25.